The first-order valence-electron chi connectivity index (χ1n) is 6.37. The van der Waals surface area contributed by atoms with Crippen LogP contribution in [0.3, 0.4) is 0 Å². The average molecular weight is 270 g/mol. The van der Waals surface area contributed by atoms with Crippen molar-refractivity contribution in [1.29, 1.82) is 0 Å². The average Bonchev–Trinajstić information content (AvgIpc) is 2.40. The maximum atomic E-state index is 10.9. The quantitative estimate of drug-likeness (QED) is 0.838. The van der Waals surface area contributed by atoms with Gasteiger partial charge in [0.25, 0.3) is 0 Å². The largest absolute Gasteiger partial charge is 0.478 e. The molecule has 0 radical (unpaired) electrons. The number of aromatic carboxylic acids is 1. The zero-order valence-corrected chi connectivity index (χ0v) is 11.6. The van der Waals surface area contributed by atoms with E-state index in [9.17, 15) is 4.79 Å². The van der Waals surface area contributed by atoms with E-state index in [2.05, 4.69) is 31.2 Å². The molecular formula is C16H18N2O2. The lowest BCUT2D eigenvalue weighted by Gasteiger charge is -2.20. The lowest BCUT2D eigenvalue weighted by Crippen LogP contribution is -2.17. The van der Waals surface area contributed by atoms with E-state index in [-0.39, 0.29) is 11.3 Å². The first kappa shape index (κ1) is 13.9. The molecule has 0 aromatic heterocycles. The molecule has 0 unspecified atom stereocenters. The lowest BCUT2D eigenvalue weighted by atomic mass is 10.1. The van der Waals surface area contributed by atoms with Gasteiger partial charge >= 0.3 is 5.97 Å². The van der Waals surface area contributed by atoms with Crippen LogP contribution in [0.25, 0.3) is 0 Å². The molecule has 4 heteroatoms. The summed E-state index contributed by atoms with van der Waals surface area (Å²) >= 11 is 0. The summed E-state index contributed by atoms with van der Waals surface area (Å²) in [5.74, 6) is -1.00. The number of benzene rings is 2. The number of carboxylic acid groups (broad SMARTS) is 1. The Hall–Kier alpha value is -2.49. The third kappa shape index (κ3) is 3.09. The van der Waals surface area contributed by atoms with Crippen LogP contribution < -0.4 is 10.6 Å². The number of aryl methyl sites for hydroxylation is 1. The first-order valence-corrected chi connectivity index (χ1v) is 6.37. The second-order valence-corrected chi connectivity index (χ2v) is 4.92. The molecule has 0 spiro atoms. The van der Waals surface area contributed by atoms with E-state index in [1.807, 2.05) is 11.9 Å². The Balaban J connectivity index is 2.17. The highest BCUT2D eigenvalue weighted by Gasteiger charge is 2.10. The van der Waals surface area contributed by atoms with Gasteiger partial charge in [0.2, 0.25) is 0 Å². The second kappa shape index (κ2) is 5.65. The van der Waals surface area contributed by atoms with Crippen molar-refractivity contribution in [2.75, 3.05) is 17.7 Å². The molecule has 0 fully saturated rings. The topological polar surface area (TPSA) is 66.6 Å². The predicted octanol–water partition coefficient (Wildman–Crippen LogP) is 2.91. The molecule has 0 heterocycles. The van der Waals surface area contributed by atoms with E-state index in [4.69, 9.17) is 10.8 Å². The fraction of sp³-hybridized carbons (Fsp3) is 0.188. The maximum absolute atomic E-state index is 10.9. The number of nitrogens with zero attached hydrogens (tertiary/aromatic N) is 1. The summed E-state index contributed by atoms with van der Waals surface area (Å²) in [6, 6.07) is 13.3. The van der Waals surface area contributed by atoms with Gasteiger partial charge in [0.1, 0.15) is 0 Å². The molecule has 0 atom stereocenters. The third-order valence-corrected chi connectivity index (χ3v) is 3.25. The van der Waals surface area contributed by atoms with Crippen LogP contribution in [0, 0.1) is 6.92 Å². The van der Waals surface area contributed by atoms with Gasteiger partial charge in [0.05, 0.1) is 5.56 Å². The van der Waals surface area contributed by atoms with Crippen molar-refractivity contribution >= 4 is 17.3 Å². The molecule has 0 aliphatic heterocycles. The Bertz CT molecular complexity index is 621. The molecule has 2 aromatic carbocycles. The van der Waals surface area contributed by atoms with Gasteiger partial charge in [-0.1, -0.05) is 29.8 Å². The van der Waals surface area contributed by atoms with Gasteiger partial charge in [-0.15, -0.1) is 0 Å². The van der Waals surface area contributed by atoms with Crippen LogP contribution in [-0.2, 0) is 6.54 Å². The summed E-state index contributed by atoms with van der Waals surface area (Å²) in [6.45, 7) is 2.80. The standard InChI is InChI=1S/C16H18N2O2/c1-11-3-5-12(6-4-11)10-18(2)13-7-8-14(16(19)20)15(17)9-13/h3-9H,10,17H2,1-2H3,(H,19,20). The van der Waals surface area contributed by atoms with Gasteiger partial charge in [0, 0.05) is 25.0 Å². The molecule has 3 N–H and O–H groups in total. The molecule has 20 heavy (non-hydrogen) atoms. The third-order valence-electron chi connectivity index (χ3n) is 3.25. The smallest absolute Gasteiger partial charge is 0.337 e. The number of nitrogen functional groups attached to an aromatic ring is 1. The van der Waals surface area contributed by atoms with Gasteiger partial charge in [-0.25, -0.2) is 4.79 Å². The number of carboxylic acids is 1. The highest BCUT2D eigenvalue weighted by atomic mass is 16.4. The SMILES string of the molecule is Cc1ccc(CN(C)c2ccc(C(=O)O)c(N)c2)cc1. The van der Waals surface area contributed by atoms with Crippen molar-refractivity contribution in [1.82, 2.24) is 0 Å². The van der Waals surface area contributed by atoms with E-state index in [0.29, 0.717) is 0 Å². The molecule has 0 bridgehead atoms. The van der Waals surface area contributed by atoms with Crippen molar-refractivity contribution in [2.24, 2.45) is 0 Å². The minimum atomic E-state index is -1.00. The molecule has 0 aliphatic carbocycles. The van der Waals surface area contributed by atoms with Crippen molar-refractivity contribution in [3.63, 3.8) is 0 Å². The van der Waals surface area contributed by atoms with Crippen LogP contribution in [0.2, 0.25) is 0 Å². The molecule has 0 saturated carbocycles. The van der Waals surface area contributed by atoms with Crippen LogP contribution in [-0.4, -0.2) is 18.1 Å². The van der Waals surface area contributed by atoms with Crippen LogP contribution in [0.1, 0.15) is 21.5 Å². The Morgan fingerprint density at radius 2 is 1.85 bits per heavy atom. The Kier molecular flexibility index (Phi) is 3.94. The lowest BCUT2D eigenvalue weighted by molar-refractivity contribution is 0.0698. The highest BCUT2D eigenvalue weighted by Crippen LogP contribution is 2.22. The predicted molar refractivity (Wildman–Crippen MR) is 81.1 cm³/mol. The van der Waals surface area contributed by atoms with Crippen molar-refractivity contribution in [2.45, 2.75) is 13.5 Å². The van der Waals surface area contributed by atoms with E-state index in [0.717, 1.165) is 12.2 Å². The highest BCUT2D eigenvalue weighted by molar-refractivity contribution is 5.94. The van der Waals surface area contributed by atoms with Crippen molar-refractivity contribution in [3.8, 4) is 0 Å². The van der Waals surface area contributed by atoms with Crippen LogP contribution in [0.15, 0.2) is 42.5 Å². The fourth-order valence-electron chi connectivity index (χ4n) is 2.04. The summed E-state index contributed by atoms with van der Waals surface area (Å²) in [4.78, 5) is 13.0. The first-order chi connectivity index (χ1) is 9.47. The second-order valence-electron chi connectivity index (χ2n) is 4.92. The molecule has 2 rings (SSSR count). The minimum Gasteiger partial charge on any atom is -0.478 e. The van der Waals surface area contributed by atoms with Gasteiger partial charge < -0.3 is 15.7 Å². The van der Waals surface area contributed by atoms with Crippen LogP contribution in [0.4, 0.5) is 11.4 Å². The minimum absolute atomic E-state index is 0.137. The number of hydrogen-bond acceptors (Lipinski definition) is 3. The Morgan fingerprint density at radius 3 is 2.40 bits per heavy atom. The van der Waals surface area contributed by atoms with Gasteiger partial charge in [-0.2, -0.15) is 0 Å². The zero-order valence-electron chi connectivity index (χ0n) is 11.6. The van der Waals surface area contributed by atoms with Crippen LogP contribution in [0.5, 0.6) is 0 Å². The number of anilines is 2. The Labute approximate surface area is 118 Å². The van der Waals surface area contributed by atoms with Gasteiger partial charge in [-0.05, 0) is 30.7 Å². The molecule has 4 nitrogen and oxygen atoms in total. The number of rotatable bonds is 4. The van der Waals surface area contributed by atoms with E-state index >= 15 is 0 Å². The monoisotopic (exact) mass is 270 g/mol. The van der Waals surface area contributed by atoms with E-state index < -0.39 is 5.97 Å². The zero-order chi connectivity index (χ0) is 14.7. The number of nitrogens with two attached hydrogens (primary N) is 1. The maximum Gasteiger partial charge on any atom is 0.337 e. The normalized spacial score (nSPS) is 10.3. The summed E-state index contributed by atoms with van der Waals surface area (Å²) in [5, 5.41) is 8.96. The molecule has 0 amide bonds. The summed E-state index contributed by atoms with van der Waals surface area (Å²) in [5.41, 5.74) is 9.50. The van der Waals surface area contributed by atoms with E-state index in [1.54, 1.807) is 18.2 Å². The van der Waals surface area contributed by atoms with Crippen molar-refractivity contribution in [3.05, 3.63) is 59.2 Å². The number of carbonyl (C=O) groups is 1. The Morgan fingerprint density at radius 1 is 1.20 bits per heavy atom. The molecule has 104 valence electrons. The molecule has 0 aliphatic rings. The van der Waals surface area contributed by atoms with Gasteiger partial charge in [-0.3, -0.25) is 0 Å². The fourth-order valence-corrected chi connectivity index (χ4v) is 2.04. The van der Waals surface area contributed by atoms with Gasteiger partial charge in [0.15, 0.2) is 0 Å². The molecule has 0 saturated heterocycles. The molecule has 2 aromatic rings. The molecular weight excluding hydrogens is 252 g/mol. The summed E-state index contributed by atoms with van der Waals surface area (Å²) in [7, 11) is 1.95. The van der Waals surface area contributed by atoms with Crippen LogP contribution >= 0.6 is 0 Å². The summed E-state index contributed by atoms with van der Waals surface area (Å²) < 4.78 is 0. The van der Waals surface area contributed by atoms with Crippen molar-refractivity contribution < 1.29 is 9.90 Å². The number of hydrogen-bond donors (Lipinski definition) is 2. The van der Waals surface area contributed by atoms with E-state index in [1.165, 1.54) is 11.1 Å². The summed E-state index contributed by atoms with van der Waals surface area (Å²) in [6.07, 6.45) is 0.